The number of rotatable bonds is 5. The van der Waals surface area contributed by atoms with Crippen molar-refractivity contribution in [2.24, 2.45) is 0 Å². The topological polar surface area (TPSA) is 119 Å². The molecule has 10 heteroatoms. The quantitative estimate of drug-likeness (QED) is 0.544. The summed E-state index contributed by atoms with van der Waals surface area (Å²) in [6.45, 7) is 0.299. The Balaban J connectivity index is 1.45. The third kappa shape index (κ3) is 4.58. The third-order valence-electron chi connectivity index (χ3n) is 3.19. The molecule has 1 aliphatic rings. The molecule has 2 heterocycles. The number of carbonyl (C=O) groups excluding carboxylic acids is 2. The number of hydroxylamine groups is 1. The van der Waals surface area contributed by atoms with Gasteiger partial charge in [-0.3, -0.25) is 15.3 Å². The van der Waals surface area contributed by atoms with Gasteiger partial charge in [-0.1, -0.05) is 12.1 Å². The van der Waals surface area contributed by atoms with Crippen molar-refractivity contribution < 1.29 is 29.0 Å². The Hall–Kier alpha value is -2.85. The van der Waals surface area contributed by atoms with Crippen LogP contribution >= 0.6 is 11.3 Å². The molecule has 1 atom stereocenters. The lowest BCUT2D eigenvalue weighted by molar-refractivity contribution is -0.128. The number of nitrogens with one attached hydrogen (secondary N) is 2. The fourth-order valence-corrected chi connectivity index (χ4v) is 2.78. The van der Waals surface area contributed by atoms with E-state index in [9.17, 15) is 9.59 Å². The van der Waals surface area contributed by atoms with E-state index in [-0.39, 0.29) is 24.8 Å². The van der Waals surface area contributed by atoms with Crippen LogP contribution in [0.1, 0.15) is 5.69 Å². The number of thiazole rings is 1. The number of hydrogen-bond donors (Lipinski definition) is 3. The maximum atomic E-state index is 11.8. The molecular weight excluding hydrogens is 350 g/mol. The molecule has 25 heavy (non-hydrogen) atoms. The van der Waals surface area contributed by atoms with Gasteiger partial charge in [0.15, 0.2) is 22.7 Å². The van der Waals surface area contributed by atoms with Gasteiger partial charge in [0.25, 0.3) is 0 Å². The summed E-state index contributed by atoms with van der Waals surface area (Å²) in [5.74, 6) is 0.675. The number of benzene rings is 1. The van der Waals surface area contributed by atoms with Crippen molar-refractivity contribution in [2.75, 3.05) is 18.5 Å². The number of amides is 2. The van der Waals surface area contributed by atoms with Crippen LogP contribution < -0.4 is 20.3 Å². The van der Waals surface area contributed by atoms with Gasteiger partial charge in [-0.15, -0.1) is 11.3 Å². The zero-order valence-electron chi connectivity index (χ0n) is 12.9. The van der Waals surface area contributed by atoms with E-state index in [0.717, 1.165) is 11.3 Å². The highest BCUT2D eigenvalue weighted by Gasteiger charge is 2.22. The first kappa shape index (κ1) is 17.0. The molecule has 3 rings (SSSR count). The SMILES string of the molecule is O=C(Cc1csc(NC(=O)OCC2COc3ccccc3O2)n1)NO. The first-order chi connectivity index (χ1) is 12.1. The molecule has 1 aromatic carbocycles. The van der Waals surface area contributed by atoms with E-state index in [0.29, 0.717) is 17.2 Å². The number of carbonyl (C=O) groups is 2. The maximum absolute atomic E-state index is 11.8. The van der Waals surface area contributed by atoms with E-state index in [2.05, 4.69) is 10.3 Å². The van der Waals surface area contributed by atoms with E-state index in [1.165, 1.54) is 5.48 Å². The highest BCUT2D eigenvalue weighted by atomic mass is 32.1. The van der Waals surface area contributed by atoms with Gasteiger partial charge in [-0.2, -0.15) is 0 Å². The Morgan fingerprint density at radius 3 is 2.96 bits per heavy atom. The van der Waals surface area contributed by atoms with Crippen molar-refractivity contribution in [1.82, 2.24) is 10.5 Å². The van der Waals surface area contributed by atoms with Gasteiger partial charge in [0.05, 0.1) is 12.1 Å². The number of nitrogens with zero attached hydrogens (tertiary/aromatic N) is 1. The van der Waals surface area contributed by atoms with E-state index < -0.39 is 18.1 Å². The monoisotopic (exact) mass is 365 g/mol. The van der Waals surface area contributed by atoms with Gasteiger partial charge >= 0.3 is 6.09 Å². The second kappa shape index (κ2) is 7.81. The molecule has 0 radical (unpaired) electrons. The van der Waals surface area contributed by atoms with Crippen molar-refractivity contribution in [3.05, 3.63) is 35.3 Å². The molecule has 9 nitrogen and oxygen atoms in total. The van der Waals surface area contributed by atoms with Gasteiger partial charge in [0, 0.05) is 5.38 Å². The van der Waals surface area contributed by atoms with E-state index in [1.54, 1.807) is 17.5 Å². The first-order valence-corrected chi connectivity index (χ1v) is 8.21. The van der Waals surface area contributed by atoms with Crippen LogP contribution in [0.15, 0.2) is 29.6 Å². The van der Waals surface area contributed by atoms with Crippen molar-refractivity contribution >= 4 is 28.5 Å². The van der Waals surface area contributed by atoms with E-state index in [4.69, 9.17) is 19.4 Å². The van der Waals surface area contributed by atoms with E-state index in [1.807, 2.05) is 12.1 Å². The van der Waals surface area contributed by atoms with Crippen LogP contribution in [0, 0.1) is 0 Å². The summed E-state index contributed by atoms with van der Waals surface area (Å²) in [6, 6.07) is 7.26. The van der Waals surface area contributed by atoms with Crippen LogP contribution in [0.4, 0.5) is 9.93 Å². The zero-order chi connectivity index (χ0) is 17.6. The molecule has 0 fully saturated rings. The molecular formula is C15H15N3O6S. The molecule has 2 amide bonds. The molecule has 1 aliphatic heterocycles. The van der Waals surface area contributed by atoms with Crippen molar-refractivity contribution in [1.29, 1.82) is 0 Å². The second-order valence-corrected chi connectivity index (χ2v) is 5.93. The molecule has 0 spiro atoms. The Morgan fingerprint density at radius 2 is 2.16 bits per heavy atom. The molecule has 0 bridgehead atoms. The number of ether oxygens (including phenoxy) is 3. The summed E-state index contributed by atoms with van der Waals surface area (Å²) in [7, 11) is 0. The van der Waals surface area contributed by atoms with Crippen LogP contribution in [-0.4, -0.2) is 41.5 Å². The summed E-state index contributed by atoms with van der Waals surface area (Å²) in [6.07, 6.45) is -1.17. The second-order valence-electron chi connectivity index (χ2n) is 5.08. The summed E-state index contributed by atoms with van der Waals surface area (Å²) >= 11 is 1.14. The standard InChI is InChI=1S/C15H15N3O6S/c19-13(18-21)5-9-8-25-14(16-9)17-15(20)23-7-10-6-22-11-3-1-2-4-12(11)24-10/h1-4,8,10,21H,5-7H2,(H,18,19)(H,16,17,20). The normalized spacial score (nSPS) is 15.3. The third-order valence-corrected chi connectivity index (χ3v) is 4.00. The smallest absolute Gasteiger partial charge is 0.413 e. The summed E-state index contributed by atoms with van der Waals surface area (Å²) in [4.78, 5) is 26.9. The lowest BCUT2D eigenvalue weighted by Gasteiger charge is -2.25. The minimum atomic E-state index is -0.685. The number of hydrogen-bond acceptors (Lipinski definition) is 8. The summed E-state index contributed by atoms with van der Waals surface area (Å²) < 4.78 is 16.3. The molecule has 132 valence electrons. The molecule has 0 saturated carbocycles. The molecule has 3 N–H and O–H groups in total. The Kier molecular flexibility index (Phi) is 5.31. The Morgan fingerprint density at radius 1 is 1.36 bits per heavy atom. The Bertz CT molecular complexity index is 765. The van der Waals surface area contributed by atoms with Crippen molar-refractivity contribution in [3.63, 3.8) is 0 Å². The van der Waals surface area contributed by atoms with Crippen molar-refractivity contribution in [2.45, 2.75) is 12.5 Å². The van der Waals surface area contributed by atoms with Crippen LogP contribution in [-0.2, 0) is 16.0 Å². The first-order valence-electron chi connectivity index (χ1n) is 7.33. The highest BCUT2D eigenvalue weighted by Crippen LogP contribution is 2.30. The predicted octanol–water partition coefficient (Wildman–Crippen LogP) is 1.58. The average Bonchev–Trinajstić information content (AvgIpc) is 3.06. The highest BCUT2D eigenvalue weighted by molar-refractivity contribution is 7.13. The van der Waals surface area contributed by atoms with Crippen molar-refractivity contribution in [3.8, 4) is 11.5 Å². The number of anilines is 1. The van der Waals surface area contributed by atoms with Crippen LogP contribution in [0.25, 0.3) is 0 Å². The van der Waals surface area contributed by atoms with Gasteiger partial charge in [-0.05, 0) is 12.1 Å². The largest absolute Gasteiger partial charge is 0.486 e. The van der Waals surface area contributed by atoms with Gasteiger partial charge in [0.1, 0.15) is 13.2 Å². The number of fused-ring (bicyclic) bond motifs is 1. The van der Waals surface area contributed by atoms with Gasteiger partial charge < -0.3 is 14.2 Å². The molecule has 0 saturated heterocycles. The van der Waals surface area contributed by atoms with E-state index >= 15 is 0 Å². The fourth-order valence-electron chi connectivity index (χ4n) is 2.09. The van der Waals surface area contributed by atoms with Crippen LogP contribution in [0.5, 0.6) is 11.5 Å². The van der Waals surface area contributed by atoms with Gasteiger partial charge in [-0.25, -0.2) is 15.3 Å². The van der Waals surface area contributed by atoms with Gasteiger partial charge in [0.2, 0.25) is 5.91 Å². The molecule has 1 aromatic heterocycles. The maximum Gasteiger partial charge on any atom is 0.413 e. The average molecular weight is 365 g/mol. The number of aromatic nitrogens is 1. The molecule has 1 unspecified atom stereocenters. The zero-order valence-corrected chi connectivity index (χ0v) is 13.7. The Labute approximate surface area is 146 Å². The molecule has 0 aliphatic carbocycles. The van der Waals surface area contributed by atoms with Crippen LogP contribution in [0.2, 0.25) is 0 Å². The summed E-state index contributed by atoms with van der Waals surface area (Å²) in [5, 5.41) is 12.8. The fraction of sp³-hybridized carbons (Fsp3) is 0.267. The lowest BCUT2D eigenvalue weighted by atomic mass is 10.3. The number of para-hydroxylation sites is 2. The summed E-state index contributed by atoms with van der Waals surface area (Å²) in [5.41, 5.74) is 1.94. The van der Waals surface area contributed by atoms with Crippen LogP contribution in [0.3, 0.4) is 0 Å². The predicted molar refractivity (Wildman–Crippen MR) is 87.1 cm³/mol. The minimum Gasteiger partial charge on any atom is -0.486 e. The molecule has 2 aromatic rings. The lowest BCUT2D eigenvalue weighted by Crippen LogP contribution is -2.34. The minimum absolute atomic E-state index is 0.0192.